The lowest BCUT2D eigenvalue weighted by Crippen LogP contribution is -2.35. The maximum Gasteiger partial charge on any atom is 0.328 e. The summed E-state index contributed by atoms with van der Waals surface area (Å²) in [6, 6.07) is 26.8. The monoisotopic (exact) mass is 550 g/mol. The van der Waals surface area contributed by atoms with Crippen LogP contribution in [-0.4, -0.2) is 51.9 Å². The zero-order valence-corrected chi connectivity index (χ0v) is 23.9. The van der Waals surface area contributed by atoms with Gasteiger partial charge in [0.15, 0.2) is 0 Å². The van der Waals surface area contributed by atoms with Crippen molar-refractivity contribution in [2.75, 3.05) is 26.9 Å². The van der Waals surface area contributed by atoms with E-state index in [1.165, 1.54) is 16.3 Å². The van der Waals surface area contributed by atoms with Gasteiger partial charge in [0.05, 0.1) is 30.9 Å². The minimum atomic E-state index is -0.0639. The second-order valence-corrected chi connectivity index (χ2v) is 10.2. The van der Waals surface area contributed by atoms with Crippen LogP contribution in [0, 0.1) is 6.92 Å². The summed E-state index contributed by atoms with van der Waals surface area (Å²) < 4.78 is 15.0. The van der Waals surface area contributed by atoms with Crippen LogP contribution in [0.25, 0.3) is 21.9 Å². The summed E-state index contributed by atoms with van der Waals surface area (Å²) in [7, 11) is 1.69. The number of hydrogen-bond acceptors (Lipinski definition) is 4. The number of nitrogens with zero attached hydrogens (tertiary/aromatic N) is 4. The van der Waals surface area contributed by atoms with E-state index in [1.807, 2.05) is 66.9 Å². The van der Waals surface area contributed by atoms with Crippen LogP contribution in [0.15, 0.2) is 97.6 Å². The van der Waals surface area contributed by atoms with Crippen LogP contribution in [-0.2, 0) is 29.2 Å². The molecule has 5 rings (SSSR count). The van der Waals surface area contributed by atoms with Crippen molar-refractivity contribution in [2.45, 2.75) is 39.5 Å². The third kappa shape index (κ3) is 7.12. The number of carbonyl (C=O) groups is 1. The van der Waals surface area contributed by atoms with Gasteiger partial charge >= 0.3 is 6.03 Å². The fraction of sp³-hybridized carbons (Fsp3) is 0.294. The Hall–Kier alpha value is -4.20. The van der Waals surface area contributed by atoms with E-state index < -0.39 is 0 Å². The number of hydrogen-bond donors (Lipinski definition) is 0. The first kappa shape index (κ1) is 28.3. The van der Waals surface area contributed by atoms with Gasteiger partial charge in [0.2, 0.25) is 0 Å². The van der Waals surface area contributed by atoms with Crippen LogP contribution < -0.4 is 0 Å². The molecule has 0 saturated carbocycles. The fourth-order valence-electron chi connectivity index (χ4n) is 5.15. The first-order valence-electron chi connectivity index (χ1n) is 14.2. The predicted molar refractivity (Wildman–Crippen MR) is 163 cm³/mol. The maximum absolute atomic E-state index is 13.8. The molecule has 3 aromatic carbocycles. The van der Waals surface area contributed by atoms with Gasteiger partial charge in [-0.25, -0.2) is 9.78 Å². The summed E-state index contributed by atoms with van der Waals surface area (Å²) in [6.45, 7) is 5.69. The van der Waals surface area contributed by atoms with Crippen LogP contribution in [0.5, 0.6) is 0 Å². The summed E-state index contributed by atoms with van der Waals surface area (Å²) in [5.41, 5.74) is 5.28. The molecular weight excluding hydrogens is 512 g/mol. The molecule has 0 atom stereocenters. The third-order valence-electron chi connectivity index (χ3n) is 7.36. The molecule has 0 spiro atoms. The highest BCUT2D eigenvalue weighted by Crippen LogP contribution is 2.29. The zero-order chi connectivity index (χ0) is 28.4. The molecule has 0 aliphatic carbocycles. The highest BCUT2D eigenvalue weighted by Gasteiger charge is 2.20. The van der Waals surface area contributed by atoms with Crippen molar-refractivity contribution in [3.63, 3.8) is 0 Å². The minimum absolute atomic E-state index is 0.0639. The van der Waals surface area contributed by atoms with E-state index in [4.69, 9.17) is 9.47 Å². The Kier molecular flexibility index (Phi) is 9.62. The van der Waals surface area contributed by atoms with Gasteiger partial charge in [-0.1, -0.05) is 72.8 Å². The molecule has 0 N–H and O–H groups in total. The molecule has 0 aliphatic rings. The number of carbonyl (C=O) groups excluding carboxylic acids is 1. The molecule has 0 unspecified atom stereocenters. The van der Waals surface area contributed by atoms with E-state index in [9.17, 15) is 4.79 Å². The summed E-state index contributed by atoms with van der Waals surface area (Å²) in [6.07, 6.45) is 7.27. The van der Waals surface area contributed by atoms with E-state index in [0.717, 1.165) is 41.9 Å². The molecule has 41 heavy (non-hydrogen) atoms. The number of methoxy groups -OCH3 is 1. The van der Waals surface area contributed by atoms with E-state index in [1.54, 1.807) is 11.7 Å². The van der Waals surface area contributed by atoms with Gasteiger partial charge in [0.25, 0.3) is 0 Å². The Morgan fingerprint density at radius 2 is 1.73 bits per heavy atom. The number of aromatic nitrogens is 3. The quantitative estimate of drug-likeness (QED) is 0.149. The van der Waals surface area contributed by atoms with Crippen molar-refractivity contribution < 1.29 is 14.3 Å². The smallest absolute Gasteiger partial charge is 0.328 e. The molecule has 212 valence electrons. The molecule has 0 saturated heterocycles. The van der Waals surface area contributed by atoms with E-state index in [2.05, 4.69) is 52.0 Å². The number of rotatable bonds is 13. The second-order valence-electron chi connectivity index (χ2n) is 10.2. The Bertz CT molecular complexity index is 1550. The molecule has 7 heteroatoms. The minimum Gasteiger partial charge on any atom is -0.385 e. The van der Waals surface area contributed by atoms with Crippen LogP contribution in [0.4, 0.5) is 4.79 Å². The Labute approximate surface area is 242 Å². The molecule has 5 aromatic rings. The lowest BCUT2D eigenvalue weighted by Gasteiger charge is -2.24. The molecule has 1 amide bonds. The van der Waals surface area contributed by atoms with Crippen molar-refractivity contribution in [3.8, 4) is 11.1 Å². The molecule has 2 heterocycles. The number of aryl methyl sites for hydroxylation is 2. The summed E-state index contributed by atoms with van der Waals surface area (Å²) in [5, 5.41) is 2.35. The largest absolute Gasteiger partial charge is 0.385 e. The molecule has 0 fully saturated rings. The van der Waals surface area contributed by atoms with Crippen LogP contribution in [0.3, 0.4) is 0 Å². The summed E-state index contributed by atoms with van der Waals surface area (Å²) in [4.78, 5) is 20.3. The van der Waals surface area contributed by atoms with E-state index in [-0.39, 0.29) is 6.03 Å². The second kappa shape index (κ2) is 13.9. The van der Waals surface area contributed by atoms with Crippen LogP contribution in [0.1, 0.15) is 29.8 Å². The fourth-order valence-corrected chi connectivity index (χ4v) is 5.15. The van der Waals surface area contributed by atoms with E-state index in [0.29, 0.717) is 32.9 Å². The standard InChI is InChI=1S/C34H38N4O3/c1-27-33(38(26-35-27)19-10-22-41-25-28-11-4-3-5-12-28)24-36(18-9-21-40-2)34(39)37-20-17-30(23-37)32-16-8-14-29-13-6-7-15-31(29)32/h3-8,11-17,20,23,26H,9-10,18-19,21-22,24-25H2,1-2H3. The van der Waals surface area contributed by atoms with Gasteiger partial charge in [-0.05, 0) is 47.7 Å². The average molecular weight is 551 g/mol. The molecule has 2 aromatic heterocycles. The zero-order valence-electron chi connectivity index (χ0n) is 23.9. The average Bonchev–Trinajstić information content (AvgIpc) is 3.63. The van der Waals surface area contributed by atoms with Crippen molar-refractivity contribution >= 4 is 16.8 Å². The van der Waals surface area contributed by atoms with Gasteiger partial charge < -0.3 is 18.9 Å². The highest BCUT2D eigenvalue weighted by molar-refractivity contribution is 5.97. The van der Waals surface area contributed by atoms with Crippen molar-refractivity contribution in [1.82, 2.24) is 19.0 Å². The van der Waals surface area contributed by atoms with Crippen LogP contribution in [0.2, 0.25) is 0 Å². The van der Waals surface area contributed by atoms with Gasteiger partial charge in [-0.3, -0.25) is 4.57 Å². The highest BCUT2D eigenvalue weighted by atomic mass is 16.5. The van der Waals surface area contributed by atoms with Crippen molar-refractivity contribution in [2.24, 2.45) is 0 Å². The van der Waals surface area contributed by atoms with Gasteiger partial charge in [0.1, 0.15) is 0 Å². The van der Waals surface area contributed by atoms with Gasteiger partial charge in [0, 0.05) is 51.4 Å². The summed E-state index contributed by atoms with van der Waals surface area (Å²) >= 11 is 0. The summed E-state index contributed by atoms with van der Waals surface area (Å²) in [5.74, 6) is 0. The first-order valence-corrected chi connectivity index (χ1v) is 14.2. The number of amides is 1. The predicted octanol–water partition coefficient (Wildman–Crippen LogP) is 6.93. The van der Waals surface area contributed by atoms with Crippen LogP contribution >= 0.6 is 0 Å². The molecule has 0 bridgehead atoms. The Morgan fingerprint density at radius 1 is 0.927 bits per heavy atom. The third-order valence-corrected chi connectivity index (χ3v) is 7.36. The SMILES string of the molecule is COCCCN(Cc1c(C)ncn1CCCOCc1ccccc1)C(=O)n1ccc(-c2cccc3ccccc23)c1. The number of imidazole rings is 1. The van der Waals surface area contributed by atoms with Gasteiger partial charge in [-0.15, -0.1) is 0 Å². The lowest BCUT2D eigenvalue weighted by atomic mass is 10.0. The Balaban J connectivity index is 1.28. The molecule has 0 radical (unpaired) electrons. The maximum atomic E-state index is 13.8. The van der Waals surface area contributed by atoms with E-state index >= 15 is 0 Å². The number of ether oxygens (including phenoxy) is 2. The molecule has 7 nitrogen and oxygen atoms in total. The lowest BCUT2D eigenvalue weighted by molar-refractivity contribution is 0.115. The number of benzene rings is 3. The Morgan fingerprint density at radius 3 is 2.59 bits per heavy atom. The molecular formula is C34H38N4O3. The van der Waals surface area contributed by atoms with Gasteiger partial charge in [-0.2, -0.15) is 0 Å². The normalized spacial score (nSPS) is 11.3. The molecule has 0 aliphatic heterocycles. The van der Waals surface area contributed by atoms with Crippen molar-refractivity contribution in [1.29, 1.82) is 0 Å². The topological polar surface area (TPSA) is 61.5 Å². The first-order chi connectivity index (χ1) is 20.1. The number of fused-ring (bicyclic) bond motifs is 1. The van der Waals surface area contributed by atoms with Crippen molar-refractivity contribution in [3.05, 3.63) is 115 Å².